The molecular weight excluding hydrogens is 332 g/mol. The highest BCUT2D eigenvalue weighted by Crippen LogP contribution is 2.27. The van der Waals surface area contributed by atoms with Crippen molar-refractivity contribution in [1.82, 2.24) is 0 Å². The average molecular weight is 354 g/mol. The van der Waals surface area contributed by atoms with Gasteiger partial charge in [0, 0.05) is 29.2 Å². The summed E-state index contributed by atoms with van der Waals surface area (Å²) in [5.41, 5.74) is 2.86. The van der Waals surface area contributed by atoms with Crippen molar-refractivity contribution < 1.29 is 9.59 Å². The van der Waals surface area contributed by atoms with Crippen LogP contribution in [0.25, 0.3) is 0 Å². The summed E-state index contributed by atoms with van der Waals surface area (Å²) in [6.07, 6.45) is 3.23. The molecule has 0 aliphatic carbocycles. The van der Waals surface area contributed by atoms with Gasteiger partial charge in [-0.3, -0.25) is 9.59 Å². The third-order valence-corrected chi connectivity index (χ3v) is 5.25. The molecule has 1 aliphatic rings. The van der Waals surface area contributed by atoms with Gasteiger partial charge in [0.2, 0.25) is 11.8 Å². The van der Waals surface area contributed by atoms with Crippen LogP contribution in [0.5, 0.6) is 0 Å². The Labute approximate surface area is 152 Å². The fraction of sp³-hybridized carbons (Fsp3) is 0.300. The van der Waals surface area contributed by atoms with Crippen molar-refractivity contribution in [2.45, 2.75) is 24.7 Å². The van der Waals surface area contributed by atoms with Crippen LogP contribution in [0.3, 0.4) is 0 Å². The number of benzene rings is 2. The van der Waals surface area contributed by atoms with E-state index in [1.807, 2.05) is 54.8 Å². The van der Waals surface area contributed by atoms with Crippen molar-refractivity contribution >= 4 is 35.0 Å². The lowest BCUT2D eigenvalue weighted by Crippen LogP contribution is -2.28. The van der Waals surface area contributed by atoms with Gasteiger partial charge >= 0.3 is 0 Å². The summed E-state index contributed by atoms with van der Waals surface area (Å²) in [5, 5.41) is 2.92. The van der Waals surface area contributed by atoms with E-state index in [1.54, 1.807) is 16.7 Å². The van der Waals surface area contributed by atoms with Crippen LogP contribution >= 0.6 is 11.8 Å². The third kappa shape index (κ3) is 4.04. The second-order valence-electron chi connectivity index (χ2n) is 6.14. The maximum atomic E-state index is 12.5. The molecule has 2 aromatic rings. The standard InChI is InChI=1S/C20H22N2O2S/c1-3-14-4-8-17(9-5-14)22-13-15(12-19(22)23)20(24)21-16-6-10-18(25-2)11-7-16/h4-11,15H,3,12-13H2,1-2H3,(H,21,24)/t15-/m1/s1. The van der Waals surface area contributed by atoms with Crippen LogP contribution in [0, 0.1) is 5.92 Å². The van der Waals surface area contributed by atoms with E-state index in [0.29, 0.717) is 6.54 Å². The number of anilines is 2. The number of hydrogen-bond acceptors (Lipinski definition) is 3. The first-order chi connectivity index (χ1) is 12.1. The summed E-state index contributed by atoms with van der Waals surface area (Å²) in [5.74, 6) is -0.418. The Morgan fingerprint density at radius 2 is 1.84 bits per heavy atom. The molecule has 25 heavy (non-hydrogen) atoms. The van der Waals surface area contributed by atoms with Gasteiger partial charge in [-0.05, 0) is 54.6 Å². The summed E-state index contributed by atoms with van der Waals surface area (Å²) >= 11 is 1.66. The Kier molecular flexibility index (Phi) is 5.43. The smallest absolute Gasteiger partial charge is 0.229 e. The van der Waals surface area contributed by atoms with Gasteiger partial charge in [-0.2, -0.15) is 0 Å². The number of hydrogen-bond donors (Lipinski definition) is 1. The lowest BCUT2D eigenvalue weighted by atomic mass is 10.1. The summed E-state index contributed by atoms with van der Waals surface area (Å²) in [7, 11) is 0. The summed E-state index contributed by atoms with van der Waals surface area (Å²) in [4.78, 5) is 27.7. The highest BCUT2D eigenvalue weighted by atomic mass is 32.2. The van der Waals surface area contributed by atoms with E-state index < -0.39 is 0 Å². The first-order valence-corrected chi connectivity index (χ1v) is 9.67. The highest BCUT2D eigenvalue weighted by Gasteiger charge is 2.35. The molecule has 0 aromatic heterocycles. The Morgan fingerprint density at radius 3 is 2.44 bits per heavy atom. The lowest BCUT2D eigenvalue weighted by Gasteiger charge is -2.17. The SMILES string of the molecule is CCc1ccc(N2C[C@H](C(=O)Nc3ccc(SC)cc3)CC2=O)cc1. The molecule has 0 spiro atoms. The van der Waals surface area contributed by atoms with Crippen LogP contribution in [0.4, 0.5) is 11.4 Å². The summed E-state index contributed by atoms with van der Waals surface area (Å²) in [6, 6.07) is 15.7. The van der Waals surface area contributed by atoms with Crippen molar-refractivity contribution in [3.8, 4) is 0 Å². The number of nitrogens with one attached hydrogen (secondary N) is 1. The summed E-state index contributed by atoms with van der Waals surface area (Å²) < 4.78 is 0. The van der Waals surface area contributed by atoms with Crippen molar-refractivity contribution in [3.63, 3.8) is 0 Å². The van der Waals surface area contributed by atoms with Gasteiger partial charge in [-0.15, -0.1) is 11.8 Å². The van der Waals surface area contributed by atoms with E-state index in [4.69, 9.17) is 0 Å². The Balaban J connectivity index is 1.65. The zero-order valence-corrected chi connectivity index (χ0v) is 15.3. The number of amides is 2. The minimum Gasteiger partial charge on any atom is -0.326 e. The molecule has 1 fully saturated rings. The van der Waals surface area contributed by atoms with E-state index in [-0.39, 0.29) is 24.2 Å². The van der Waals surface area contributed by atoms with E-state index in [1.165, 1.54) is 5.56 Å². The van der Waals surface area contributed by atoms with Crippen molar-refractivity contribution in [2.24, 2.45) is 5.92 Å². The van der Waals surface area contributed by atoms with E-state index in [9.17, 15) is 9.59 Å². The fourth-order valence-corrected chi connectivity index (χ4v) is 3.37. The molecule has 1 saturated heterocycles. The first-order valence-electron chi connectivity index (χ1n) is 8.45. The zero-order chi connectivity index (χ0) is 17.8. The number of carbonyl (C=O) groups excluding carboxylic acids is 2. The van der Waals surface area contributed by atoms with E-state index in [2.05, 4.69) is 12.2 Å². The molecule has 0 bridgehead atoms. The topological polar surface area (TPSA) is 49.4 Å². The van der Waals surface area contributed by atoms with Gasteiger partial charge in [0.1, 0.15) is 0 Å². The van der Waals surface area contributed by atoms with Crippen LogP contribution in [0.15, 0.2) is 53.4 Å². The van der Waals surface area contributed by atoms with Gasteiger partial charge in [-0.1, -0.05) is 19.1 Å². The molecular formula is C20H22N2O2S. The normalized spacial score (nSPS) is 17.0. The van der Waals surface area contributed by atoms with Gasteiger partial charge in [-0.25, -0.2) is 0 Å². The molecule has 1 atom stereocenters. The molecule has 130 valence electrons. The van der Waals surface area contributed by atoms with Crippen LogP contribution < -0.4 is 10.2 Å². The second kappa shape index (κ2) is 7.74. The van der Waals surface area contributed by atoms with Crippen LogP contribution in [0.1, 0.15) is 18.9 Å². The number of rotatable bonds is 5. The van der Waals surface area contributed by atoms with Crippen LogP contribution in [-0.2, 0) is 16.0 Å². The van der Waals surface area contributed by atoms with Gasteiger partial charge in [0.05, 0.1) is 5.92 Å². The van der Waals surface area contributed by atoms with Crippen molar-refractivity contribution in [3.05, 3.63) is 54.1 Å². The van der Waals surface area contributed by atoms with Crippen LogP contribution in [-0.4, -0.2) is 24.6 Å². The molecule has 0 unspecified atom stereocenters. The molecule has 4 nitrogen and oxygen atoms in total. The number of thioether (sulfide) groups is 1. The second-order valence-corrected chi connectivity index (χ2v) is 7.02. The van der Waals surface area contributed by atoms with Gasteiger partial charge in [0.25, 0.3) is 0 Å². The summed E-state index contributed by atoms with van der Waals surface area (Å²) in [6.45, 7) is 2.53. The largest absolute Gasteiger partial charge is 0.326 e. The number of nitrogens with zero attached hydrogens (tertiary/aromatic N) is 1. The van der Waals surface area contributed by atoms with Gasteiger partial charge < -0.3 is 10.2 Å². The average Bonchev–Trinajstić information content (AvgIpc) is 3.04. The molecule has 0 radical (unpaired) electrons. The monoisotopic (exact) mass is 354 g/mol. The Morgan fingerprint density at radius 1 is 1.16 bits per heavy atom. The molecule has 5 heteroatoms. The zero-order valence-electron chi connectivity index (χ0n) is 14.5. The lowest BCUT2D eigenvalue weighted by molar-refractivity contribution is -0.122. The molecule has 1 heterocycles. The van der Waals surface area contributed by atoms with Crippen molar-refractivity contribution in [1.29, 1.82) is 0 Å². The number of aryl methyl sites for hydroxylation is 1. The molecule has 1 N–H and O–H groups in total. The highest BCUT2D eigenvalue weighted by molar-refractivity contribution is 7.98. The first kappa shape index (κ1) is 17.5. The molecule has 2 amide bonds. The van der Waals surface area contributed by atoms with Gasteiger partial charge in [0.15, 0.2) is 0 Å². The minimum absolute atomic E-state index is 0.00197. The number of carbonyl (C=O) groups is 2. The molecule has 1 aliphatic heterocycles. The quantitative estimate of drug-likeness (QED) is 0.827. The molecule has 2 aromatic carbocycles. The molecule has 0 saturated carbocycles. The van der Waals surface area contributed by atoms with E-state index >= 15 is 0 Å². The molecule has 3 rings (SSSR count). The predicted molar refractivity (Wildman–Crippen MR) is 103 cm³/mol. The van der Waals surface area contributed by atoms with Crippen molar-refractivity contribution in [2.75, 3.05) is 23.0 Å². The maximum Gasteiger partial charge on any atom is 0.229 e. The Bertz CT molecular complexity index is 756. The van der Waals surface area contributed by atoms with E-state index in [0.717, 1.165) is 22.7 Å². The Hall–Kier alpha value is -2.27. The predicted octanol–water partition coefficient (Wildman–Crippen LogP) is 3.96. The third-order valence-electron chi connectivity index (χ3n) is 4.51. The maximum absolute atomic E-state index is 12.5. The van der Waals surface area contributed by atoms with Crippen LogP contribution in [0.2, 0.25) is 0 Å². The fourth-order valence-electron chi connectivity index (χ4n) is 2.96. The minimum atomic E-state index is -0.321.